The molecule has 0 N–H and O–H groups in total. The average Bonchev–Trinajstić information content (AvgIpc) is 3.62. The van der Waals surface area contributed by atoms with Crippen molar-refractivity contribution >= 4 is 144 Å². The Hall–Kier alpha value is -5.60. The molecule has 1 heterocycles. The Morgan fingerprint density at radius 1 is 0.614 bits per heavy atom. The van der Waals surface area contributed by atoms with Crippen molar-refractivity contribution in [1.82, 2.24) is 9.55 Å². The molecule has 2 nitrogen and oxygen atoms in total. The number of benzene rings is 8. The van der Waals surface area contributed by atoms with E-state index in [1.165, 1.54) is 109 Å². The van der Waals surface area contributed by atoms with Crippen LogP contribution in [0.25, 0.3) is 87.5 Å². The van der Waals surface area contributed by atoms with E-state index in [0.29, 0.717) is 0 Å². The first-order valence-corrected chi connectivity index (χ1v) is 20.3. The van der Waals surface area contributed by atoms with Gasteiger partial charge in [0.25, 0.3) is 0 Å². The summed E-state index contributed by atoms with van der Waals surface area (Å²) in [6.07, 6.45) is 0.836. The van der Waals surface area contributed by atoms with Gasteiger partial charge in [-0.05, 0) is 0 Å². The van der Waals surface area contributed by atoms with Gasteiger partial charge in [-0.3, -0.25) is 0 Å². The molecule has 0 amide bonds. The Morgan fingerprint density at radius 2 is 1.18 bits per heavy atom. The van der Waals surface area contributed by atoms with E-state index in [1.807, 2.05) is 0 Å². The number of aromatic nitrogens is 2. The van der Waals surface area contributed by atoms with E-state index >= 15 is 0 Å². The summed E-state index contributed by atoms with van der Waals surface area (Å²) in [4.78, 5) is 5.09. The van der Waals surface area contributed by atoms with Crippen LogP contribution in [0.1, 0.15) is 19.7 Å². The number of nitrogens with zero attached hydrogens (tertiary/aromatic N) is 2. The number of imidazole rings is 1. The van der Waals surface area contributed by atoms with E-state index in [-0.39, 0.29) is 0 Å². The Kier molecular flexibility index (Phi) is 9.15. The molecule has 57 heavy (non-hydrogen) atoms. The topological polar surface area (TPSA) is 17.8 Å². The van der Waals surface area contributed by atoms with Crippen molar-refractivity contribution in [1.29, 1.82) is 0 Å². The second-order valence-corrected chi connectivity index (χ2v) is 16.2. The quantitative estimate of drug-likeness (QED) is 0.192. The van der Waals surface area contributed by atoms with E-state index < -0.39 is 0 Å². The zero-order chi connectivity index (χ0) is 39.9. The number of hydrogen-bond acceptors (Lipinski definition) is 1. The van der Waals surface area contributed by atoms with Crippen molar-refractivity contribution in [3.05, 3.63) is 142 Å². The summed E-state index contributed by atoms with van der Waals surface area (Å²) >= 11 is 0. The molecule has 8 aromatic carbocycles. The van der Waals surface area contributed by atoms with E-state index in [2.05, 4.69) is 189 Å². The van der Waals surface area contributed by atoms with Gasteiger partial charge in [0, 0.05) is 0 Å². The Morgan fingerprint density at radius 3 is 1.84 bits per heavy atom. The van der Waals surface area contributed by atoms with Crippen LogP contribution in [0.15, 0.2) is 126 Å². The number of para-hydroxylation sites is 2. The minimum absolute atomic E-state index is 0.836. The van der Waals surface area contributed by atoms with Crippen LogP contribution in [0.4, 0.5) is 0 Å². The maximum atomic E-state index is 5.14. The molecule has 0 radical (unpaired) electrons. The Labute approximate surface area is 342 Å². The van der Waals surface area contributed by atoms with Gasteiger partial charge in [-0.15, -0.1) is 0 Å². The molecule has 0 saturated heterocycles. The van der Waals surface area contributed by atoms with Gasteiger partial charge in [0.15, 0.2) is 0 Å². The summed E-state index contributed by atoms with van der Waals surface area (Å²) < 4.78 is 2.37. The van der Waals surface area contributed by atoms with Gasteiger partial charge in [0.05, 0.1) is 0 Å². The molecular formula is C47H42B8N2. The summed E-state index contributed by atoms with van der Waals surface area (Å²) in [6, 6.07) is 42.3. The molecule has 1 aromatic heterocycles. The normalized spacial score (nSPS) is 12.9. The summed E-state index contributed by atoms with van der Waals surface area (Å²) in [7, 11) is 21.2. The van der Waals surface area contributed by atoms with Crippen LogP contribution in [0, 0.1) is 5.11 Å². The van der Waals surface area contributed by atoms with Gasteiger partial charge < -0.3 is 0 Å². The molecule has 10 heteroatoms. The molecule has 0 aliphatic carbocycles. The third kappa shape index (κ3) is 5.58. The monoisotopic (exact) mass is 722 g/mol. The predicted molar refractivity (Wildman–Crippen MR) is 271 cm³/mol. The fourth-order valence-corrected chi connectivity index (χ4v) is 9.57. The molecule has 0 fully saturated rings. The molecule has 9 rings (SSSR count). The first-order chi connectivity index (χ1) is 27.5. The third-order valence-electron chi connectivity index (χ3n) is 13.1. The summed E-state index contributed by atoms with van der Waals surface area (Å²) in [5.41, 5.74) is 17.4. The second kappa shape index (κ2) is 14.1. The zero-order valence-corrected chi connectivity index (χ0v) is 34.8. The first kappa shape index (κ1) is 37.0. The van der Waals surface area contributed by atoms with Crippen LogP contribution in [-0.2, 0) is 6.42 Å². The summed E-state index contributed by atoms with van der Waals surface area (Å²) in [5.74, 6) is 1.06. The Bertz CT molecular complexity index is 3340. The standard InChI is InChI=1S/C47H42B8N2/c1-3-35-56-32-18-10-11-19-34(32)57(35)33-21-20-30(28-16-8-9-17-29(28)33)36-38-39(44(52)47(55)46(54)43(38)51)37(42(50)40(36)45(53)41(49)23(2)48)31-22-24-12-4-5-13-25(24)26-14-6-7-15-27(26)31/h4-22,50H,3,48-49,51-55H2,1-2H3/b41-23-,45-40+. The van der Waals surface area contributed by atoms with Gasteiger partial charge in [0.2, 0.25) is 0 Å². The van der Waals surface area contributed by atoms with E-state index in [0.717, 1.165) is 34.1 Å². The van der Waals surface area contributed by atoms with Crippen molar-refractivity contribution in [2.24, 2.45) is 0 Å². The van der Waals surface area contributed by atoms with Gasteiger partial charge in [-0.2, -0.15) is 0 Å². The number of aryl methyl sites for hydroxylation is 1. The van der Waals surface area contributed by atoms with Crippen molar-refractivity contribution in [3.63, 3.8) is 0 Å². The molecule has 0 unspecified atom stereocenters. The fraction of sp³-hybridized carbons (Fsp3) is 0.0638. The number of fused-ring (bicyclic) bond motifs is 6. The molecule has 264 valence electrons. The van der Waals surface area contributed by atoms with Gasteiger partial charge >= 0.3 is 344 Å². The van der Waals surface area contributed by atoms with E-state index in [4.69, 9.17) is 12.5 Å². The van der Waals surface area contributed by atoms with Crippen molar-refractivity contribution in [2.75, 3.05) is 0 Å². The number of rotatable bonds is 5. The van der Waals surface area contributed by atoms with E-state index in [9.17, 15) is 0 Å². The predicted octanol–water partition coefficient (Wildman–Crippen LogP) is 0.959. The van der Waals surface area contributed by atoms with Crippen LogP contribution < -0.4 is 27.1 Å². The number of hydrogen-bond donors (Lipinski definition) is 0. The van der Waals surface area contributed by atoms with Gasteiger partial charge in [-0.1, -0.05) is 0 Å². The summed E-state index contributed by atoms with van der Waals surface area (Å²) in [5, 5.41) is 12.4. The average molecular weight is 721 g/mol. The van der Waals surface area contributed by atoms with Crippen molar-refractivity contribution in [2.45, 2.75) is 20.3 Å². The molecule has 0 spiro atoms. The maximum absolute atomic E-state index is 5.14. The van der Waals surface area contributed by atoms with Crippen LogP contribution in [0.5, 0.6) is 0 Å². The first-order valence-electron chi connectivity index (χ1n) is 20.3. The molecule has 0 saturated carbocycles. The van der Waals surface area contributed by atoms with Crippen LogP contribution >= 0.6 is 0 Å². The van der Waals surface area contributed by atoms with Crippen LogP contribution in [0.3, 0.4) is 0 Å². The fourth-order valence-electron chi connectivity index (χ4n) is 9.57. The van der Waals surface area contributed by atoms with Crippen molar-refractivity contribution in [3.8, 4) is 27.9 Å². The summed E-state index contributed by atoms with van der Waals surface area (Å²) in [6.45, 7) is 4.43. The molecular weight excluding hydrogens is 679 g/mol. The van der Waals surface area contributed by atoms with Crippen LogP contribution in [-0.4, -0.2) is 72.0 Å². The van der Waals surface area contributed by atoms with E-state index in [1.54, 1.807) is 0 Å². The number of allylic oxidation sites excluding steroid dienone is 2. The molecule has 9 aromatic rings. The molecule has 0 aliphatic heterocycles. The SMILES string of the molecule is B=c1c(-c2cc3ccccc3c3ccccc23)c2c(B)c(B)c(B)c(B)c2c(-c2ccc(-n3c(CC)nc4ccccc43)c3ccccc23)/c1=C(B)/C(B)=C(/B)C. The second-order valence-electron chi connectivity index (χ2n) is 16.2. The van der Waals surface area contributed by atoms with Crippen LogP contribution in [0.2, 0.25) is 0 Å². The van der Waals surface area contributed by atoms with Crippen molar-refractivity contribution < 1.29 is 0 Å². The minimum atomic E-state index is 0.836. The molecule has 0 bridgehead atoms. The Balaban J connectivity index is 1.53. The molecule has 0 atom stereocenters. The molecule has 0 aliphatic rings. The van der Waals surface area contributed by atoms with Gasteiger partial charge in [0.1, 0.15) is 0 Å². The zero-order valence-electron chi connectivity index (χ0n) is 34.8. The third-order valence-corrected chi connectivity index (χ3v) is 13.1. The van der Waals surface area contributed by atoms with Gasteiger partial charge in [-0.25, -0.2) is 0 Å².